The molecule has 0 heterocycles. The van der Waals surface area contributed by atoms with Crippen LogP contribution in [0.2, 0.25) is 0 Å². The number of hydrogen-bond acceptors (Lipinski definition) is 3. The average molecular weight is 154 g/mol. The summed E-state index contributed by atoms with van der Waals surface area (Å²) in [6.07, 6.45) is -0.490. The monoisotopic (exact) mass is 154 g/mol. The van der Waals surface area contributed by atoms with E-state index in [0.717, 1.165) is 0 Å². The molecule has 0 amide bonds. The van der Waals surface area contributed by atoms with Gasteiger partial charge in [-0.2, -0.15) is 0 Å². The molecule has 0 bridgehead atoms. The first-order valence-corrected chi connectivity index (χ1v) is 3.34. The van der Waals surface area contributed by atoms with Crippen LogP contribution in [0.15, 0.2) is 24.3 Å². The molecule has 0 radical (unpaired) electrons. The Hall–Kier alpha value is -1.06. The minimum absolute atomic E-state index is 0.133. The predicted molar refractivity (Wildman–Crippen MR) is 40.2 cm³/mol. The highest BCUT2D eigenvalue weighted by molar-refractivity contribution is 5.33. The molecule has 1 aromatic rings. The van der Waals surface area contributed by atoms with Gasteiger partial charge in [-0.3, -0.25) is 5.26 Å². The van der Waals surface area contributed by atoms with Gasteiger partial charge in [0.1, 0.15) is 11.9 Å². The van der Waals surface area contributed by atoms with Crippen LogP contribution < -0.4 is 0 Å². The summed E-state index contributed by atoms with van der Waals surface area (Å²) in [6.45, 7) is 1.65. The van der Waals surface area contributed by atoms with Crippen molar-refractivity contribution in [2.75, 3.05) is 0 Å². The van der Waals surface area contributed by atoms with Crippen molar-refractivity contribution >= 4 is 0 Å². The molecule has 60 valence electrons. The molecule has 0 aromatic heterocycles. The average Bonchev–Trinajstić information content (AvgIpc) is 2.04. The van der Waals surface area contributed by atoms with Gasteiger partial charge in [0.15, 0.2) is 0 Å². The van der Waals surface area contributed by atoms with Gasteiger partial charge in [0.2, 0.25) is 0 Å². The Labute approximate surface area is 64.8 Å². The fourth-order valence-electron chi connectivity index (χ4n) is 0.888. The molecule has 11 heavy (non-hydrogen) atoms. The molecular weight excluding hydrogens is 144 g/mol. The van der Waals surface area contributed by atoms with Crippen molar-refractivity contribution in [1.29, 1.82) is 0 Å². The van der Waals surface area contributed by atoms with E-state index in [1.54, 1.807) is 31.2 Å². The van der Waals surface area contributed by atoms with Gasteiger partial charge < -0.3 is 5.11 Å². The van der Waals surface area contributed by atoms with E-state index in [2.05, 4.69) is 4.89 Å². The van der Waals surface area contributed by atoms with Crippen LogP contribution in [-0.2, 0) is 4.89 Å². The quantitative estimate of drug-likeness (QED) is 0.505. The Morgan fingerprint density at radius 1 is 1.36 bits per heavy atom. The number of para-hydroxylation sites is 1. The Morgan fingerprint density at radius 2 is 2.00 bits per heavy atom. The number of phenolic OH excluding ortho intramolecular Hbond substituents is 1. The maximum atomic E-state index is 9.22. The van der Waals surface area contributed by atoms with E-state index in [-0.39, 0.29) is 5.75 Å². The summed E-state index contributed by atoms with van der Waals surface area (Å²) in [7, 11) is 0. The van der Waals surface area contributed by atoms with Crippen molar-refractivity contribution in [1.82, 2.24) is 0 Å². The highest BCUT2D eigenvalue weighted by Crippen LogP contribution is 2.24. The minimum atomic E-state index is -0.490. The lowest BCUT2D eigenvalue weighted by Crippen LogP contribution is -1.95. The topological polar surface area (TPSA) is 49.7 Å². The van der Waals surface area contributed by atoms with Crippen LogP contribution in [-0.4, -0.2) is 10.4 Å². The molecule has 0 aliphatic heterocycles. The van der Waals surface area contributed by atoms with E-state index in [9.17, 15) is 5.11 Å². The SMILES string of the molecule is CC(OO)c1ccccc1O. The summed E-state index contributed by atoms with van der Waals surface area (Å²) >= 11 is 0. The second-order valence-corrected chi connectivity index (χ2v) is 2.31. The van der Waals surface area contributed by atoms with Crippen molar-refractivity contribution < 1.29 is 15.3 Å². The van der Waals surface area contributed by atoms with E-state index >= 15 is 0 Å². The Kier molecular flexibility index (Phi) is 2.46. The third kappa shape index (κ3) is 1.69. The highest BCUT2D eigenvalue weighted by Gasteiger charge is 2.08. The lowest BCUT2D eigenvalue weighted by Gasteiger charge is -2.08. The van der Waals surface area contributed by atoms with Crippen molar-refractivity contribution in [2.24, 2.45) is 0 Å². The largest absolute Gasteiger partial charge is 0.508 e. The summed E-state index contributed by atoms with van der Waals surface area (Å²) in [5, 5.41) is 17.5. The maximum absolute atomic E-state index is 9.22. The molecule has 1 rings (SSSR count). The molecule has 0 saturated carbocycles. The second-order valence-electron chi connectivity index (χ2n) is 2.31. The first-order valence-electron chi connectivity index (χ1n) is 3.34. The molecule has 3 heteroatoms. The van der Waals surface area contributed by atoms with E-state index in [0.29, 0.717) is 5.56 Å². The van der Waals surface area contributed by atoms with Crippen molar-refractivity contribution in [3.05, 3.63) is 29.8 Å². The second kappa shape index (κ2) is 3.37. The molecule has 0 aliphatic carbocycles. The van der Waals surface area contributed by atoms with E-state index in [4.69, 9.17) is 5.26 Å². The Morgan fingerprint density at radius 3 is 2.55 bits per heavy atom. The summed E-state index contributed by atoms with van der Waals surface area (Å²) in [5.74, 6) is 0.133. The Bertz CT molecular complexity index is 235. The molecule has 3 nitrogen and oxygen atoms in total. The van der Waals surface area contributed by atoms with Crippen molar-refractivity contribution in [3.8, 4) is 5.75 Å². The lowest BCUT2D eigenvalue weighted by molar-refractivity contribution is -0.277. The van der Waals surface area contributed by atoms with Crippen LogP contribution >= 0.6 is 0 Å². The van der Waals surface area contributed by atoms with E-state index < -0.39 is 6.10 Å². The van der Waals surface area contributed by atoms with Gasteiger partial charge in [-0.15, -0.1) is 0 Å². The normalized spacial score (nSPS) is 12.9. The van der Waals surface area contributed by atoms with Gasteiger partial charge >= 0.3 is 0 Å². The zero-order valence-electron chi connectivity index (χ0n) is 6.19. The van der Waals surface area contributed by atoms with Crippen LogP contribution in [0.1, 0.15) is 18.6 Å². The third-order valence-electron chi connectivity index (χ3n) is 1.53. The Balaban J connectivity index is 2.93. The van der Waals surface area contributed by atoms with Crippen LogP contribution in [0.4, 0.5) is 0 Å². The number of hydrogen-bond donors (Lipinski definition) is 2. The van der Waals surface area contributed by atoms with Crippen LogP contribution in [0.5, 0.6) is 5.75 Å². The standard InChI is InChI=1S/C8H10O3/c1-6(11-10)7-4-2-3-5-8(7)9/h2-6,9-10H,1H3. The fraction of sp³-hybridized carbons (Fsp3) is 0.250. The first kappa shape index (κ1) is 8.04. The van der Waals surface area contributed by atoms with Gasteiger partial charge in [0.25, 0.3) is 0 Å². The maximum Gasteiger partial charge on any atom is 0.121 e. The third-order valence-corrected chi connectivity index (χ3v) is 1.53. The fourth-order valence-corrected chi connectivity index (χ4v) is 0.888. The van der Waals surface area contributed by atoms with Gasteiger partial charge in [-0.25, -0.2) is 4.89 Å². The summed E-state index contributed by atoms with van der Waals surface area (Å²) in [4.78, 5) is 4.06. The first-order chi connectivity index (χ1) is 5.25. The van der Waals surface area contributed by atoms with Crippen LogP contribution in [0.3, 0.4) is 0 Å². The summed E-state index contributed by atoms with van der Waals surface area (Å²) in [5.41, 5.74) is 0.579. The predicted octanol–water partition coefficient (Wildman–Crippen LogP) is 1.94. The zero-order valence-corrected chi connectivity index (χ0v) is 6.19. The molecule has 2 N–H and O–H groups in total. The molecule has 1 atom stereocenters. The summed E-state index contributed by atoms with van der Waals surface area (Å²) in [6, 6.07) is 6.72. The molecule has 0 fully saturated rings. The smallest absolute Gasteiger partial charge is 0.121 e. The minimum Gasteiger partial charge on any atom is -0.508 e. The molecule has 1 unspecified atom stereocenters. The van der Waals surface area contributed by atoms with Gasteiger partial charge in [0, 0.05) is 5.56 Å². The summed E-state index contributed by atoms with van der Waals surface area (Å²) < 4.78 is 0. The van der Waals surface area contributed by atoms with Gasteiger partial charge in [-0.05, 0) is 13.0 Å². The number of rotatable bonds is 2. The molecule has 1 aromatic carbocycles. The number of aromatic hydroxyl groups is 1. The molecule has 0 aliphatic rings. The highest BCUT2D eigenvalue weighted by atomic mass is 17.1. The number of phenols is 1. The molecular formula is C8H10O3. The van der Waals surface area contributed by atoms with Crippen molar-refractivity contribution in [2.45, 2.75) is 13.0 Å². The van der Waals surface area contributed by atoms with E-state index in [1.807, 2.05) is 0 Å². The van der Waals surface area contributed by atoms with Crippen LogP contribution in [0, 0.1) is 0 Å². The van der Waals surface area contributed by atoms with Crippen LogP contribution in [0.25, 0.3) is 0 Å². The lowest BCUT2D eigenvalue weighted by atomic mass is 10.1. The molecule has 0 saturated heterocycles. The number of benzene rings is 1. The van der Waals surface area contributed by atoms with Gasteiger partial charge in [0.05, 0.1) is 0 Å². The van der Waals surface area contributed by atoms with Crippen molar-refractivity contribution in [3.63, 3.8) is 0 Å². The van der Waals surface area contributed by atoms with E-state index in [1.165, 1.54) is 0 Å². The van der Waals surface area contributed by atoms with Gasteiger partial charge in [-0.1, -0.05) is 18.2 Å². The zero-order chi connectivity index (χ0) is 8.27. The molecule has 0 spiro atoms.